The number of nitrogens with one attached hydrogen (secondary N) is 1. The number of rotatable bonds is 7. The Kier molecular flexibility index (Phi) is 6.57. The number of aliphatic hydroxyl groups excluding tert-OH is 1. The fourth-order valence-electron chi connectivity index (χ4n) is 6.07. The number of aliphatic hydroxyl groups is 1. The number of carbonyl (C=O) groups excluding carboxylic acids is 1. The summed E-state index contributed by atoms with van der Waals surface area (Å²) in [5.41, 5.74) is 4.36. The van der Waals surface area contributed by atoms with Crippen LogP contribution in [-0.4, -0.2) is 72.5 Å². The zero-order valence-electron chi connectivity index (χ0n) is 21.6. The third-order valence-corrected chi connectivity index (χ3v) is 7.73. The molecule has 2 amide bonds. The molecular weight excluding hydrogens is 456 g/mol. The number of benzene rings is 2. The van der Waals surface area contributed by atoms with Crippen LogP contribution in [0.1, 0.15) is 36.2 Å². The lowest BCUT2D eigenvalue weighted by Crippen LogP contribution is -2.67. The first-order valence-corrected chi connectivity index (χ1v) is 12.6. The molecule has 8 nitrogen and oxygen atoms in total. The molecule has 5 rings (SSSR count). The molecule has 2 aromatic carbocycles. The monoisotopic (exact) mass is 492 g/mol. The Labute approximate surface area is 212 Å². The van der Waals surface area contributed by atoms with E-state index in [0.717, 1.165) is 48.8 Å². The summed E-state index contributed by atoms with van der Waals surface area (Å²) >= 11 is 0. The second-order valence-corrected chi connectivity index (χ2v) is 10.0. The predicted octanol–water partition coefficient (Wildman–Crippen LogP) is 3.42. The number of amides is 2. The average molecular weight is 493 g/mol. The van der Waals surface area contributed by atoms with E-state index >= 15 is 0 Å². The van der Waals surface area contributed by atoms with E-state index in [1.54, 1.807) is 14.2 Å². The van der Waals surface area contributed by atoms with Gasteiger partial charge in [-0.3, -0.25) is 4.90 Å². The maximum Gasteiger partial charge on any atom is 0.318 e. The van der Waals surface area contributed by atoms with Gasteiger partial charge >= 0.3 is 6.03 Å². The topological polar surface area (TPSA) is 79.2 Å². The van der Waals surface area contributed by atoms with Gasteiger partial charge in [0, 0.05) is 62.3 Å². The van der Waals surface area contributed by atoms with Crippen molar-refractivity contribution in [3.8, 4) is 11.5 Å². The molecule has 0 radical (unpaired) electrons. The smallest absolute Gasteiger partial charge is 0.318 e. The summed E-state index contributed by atoms with van der Waals surface area (Å²) in [6.45, 7) is 5.62. The quantitative estimate of drug-likeness (QED) is 0.529. The number of ether oxygens (including phenoxy) is 2. The molecular formula is C28H36N4O4. The van der Waals surface area contributed by atoms with Gasteiger partial charge in [-0.1, -0.05) is 19.1 Å². The van der Waals surface area contributed by atoms with Gasteiger partial charge in [-0.25, -0.2) is 4.79 Å². The highest BCUT2D eigenvalue weighted by Gasteiger charge is 2.54. The molecule has 0 bridgehead atoms. The molecule has 192 valence electrons. The molecule has 1 spiro atoms. The standard InChI is InChI=1S/C28H36N4O4/c1-5-12-29-27(34)32-18-28(16-31(17-28)14-19-6-8-20(35-3)9-7-19)25-22-11-10-21(36-4)13-23(22)30(2)26(25)24(32)15-33/h6-11,13,24,33H,5,12,14-18H2,1-4H3,(H,29,34)/t24-/m0/s1. The molecule has 2 aliphatic rings. The van der Waals surface area contributed by atoms with Gasteiger partial charge < -0.3 is 29.4 Å². The summed E-state index contributed by atoms with van der Waals surface area (Å²) in [6, 6.07) is 13.9. The van der Waals surface area contributed by atoms with Crippen LogP contribution in [0, 0.1) is 0 Å². The van der Waals surface area contributed by atoms with E-state index in [0.29, 0.717) is 13.1 Å². The Morgan fingerprint density at radius 2 is 1.78 bits per heavy atom. The lowest BCUT2D eigenvalue weighted by molar-refractivity contribution is 0.00552. The molecule has 36 heavy (non-hydrogen) atoms. The van der Waals surface area contributed by atoms with Gasteiger partial charge in [0.05, 0.1) is 32.4 Å². The van der Waals surface area contributed by atoms with Gasteiger partial charge in [-0.15, -0.1) is 0 Å². The molecule has 1 fully saturated rings. The zero-order valence-corrected chi connectivity index (χ0v) is 21.6. The lowest BCUT2D eigenvalue weighted by atomic mass is 9.68. The van der Waals surface area contributed by atoms with Crippen LogP contribution in [0.4, 0.5) is 4.79 Å². The van der Waals surface area contributed by atoms with E-state index in [-0.39, 0.29) is 18.1 Å². The van der Waals surface area contributed by atoms with Crippen molar-refractivity contribution in [2.45, 2.75) is 31.3 Å². The van der Waals surface area contributed by atoms with Crippen LogP contribution in [0.25, 0.3) is 10.9 Å². The van der Waals surface area contributed by atoms with Crippen LogP contribution < -0.4 is 14.8 Å². The first-order valence-electron chi connectivity index (χ1n) is 12.6. The minimum absolute atomic E-state index is 0.114. The van der Waals surface area contributed by atoms with Gasteiger partial charge in [0.2, 0.25) is 0 Å². The van der Waals surface area contributed by atoms with Crippen molar-refractivity contribution in [1.82, 2.24) is 19.7 Å². The number of aryl methyl sites for hydroxylation is 1. The van der Waals surface area contributed by atoms with E-state index in [2.05, 4.69) is 33.0 Å². The van der Waals surface area contributed by atoms with E-state index in [9.17, 15) is 9.90 Å². The minimum atomic E-state index is -0.401. The molecule has 1 atom stereocenters. The van der Waals surface area contributed by atoms with Gasteiger partial charge in [-0.2, -0.15) is 0 Å². The summed E-state index contributed by atoms with van der Waals surface area (Å²) in [5.74, 6) is 1.65. The zero-order chi connectivity index (χ0) is 25.4. The maximum atomic E-state index is 13.3. The van der Waals surface area contributed by atoms with Crippen LogP contribution in [0.15, 0.2) is 42.5 Å². The Morgan fingerprint density at radius 3 is 2.42 bits per heavy atom. The fraction of sp³-hybridized carbons (Fsp3) is 0.464. The number of methoxy groups -OCH3 is 2. The summed E-state index contributed by atoms with van der Waals surface area (Å²) in [7, 11) is 5.37. The molecule has 3 aromatic rings. The van der Waals surface area contributed by atoms with Crippen molar-refractivity contribution in [3.63, 3.8) is 0 Å². The Morgan fingerprint density at radius 1 is 1.08 bits per heavy atom. The van der Waals surface area contributed by atoms with Crippen molar-refractivity contribution >= 4 is 16.9 Å². The molecule has 8 heteroatoms. The first-order chi connectivity index (χ1) is 17.4. The molecule has 1 aromatic heterocycles. The molecule has 2 N–H and O–H groups in total. The predicted molar refractivity (Wildman–Crippen MR) is 140 cm³/mol. The van der Waals surface area contributed by atoms with Crippen LogP contribution in [0.2, 0.25) is 0 Å². The van der Waals surface area contributed by atoms with Crippen LogP contribution in [0.5, 0.6) is 11.5 Å². The van der Waals surface area contributed by atoms with Crippen molar-refractivity contribution in [2.24, 2.45) is 7.05 Å². The second-order valence-electron chi connectivity index (χ2n) is 10.0. The minimum Gasteiger partial charge on any atom is -0.497 e. The van der Waals surface area contributed by atoms with Gasteiger partial charge in [0.1, 0.15) is 11.5 Å². The van der Waals surface area contributed by atoms with E-state index in [1.165, 1.54) is 16.5 Å². The molecule has 0 saturated carbocycles. The highest BCUT2D eigenvalue weighted by atomic mass is 16.5. The summed E-state index contributed by atoms with van der Waals surface area (Å²) in [4.78, 5) is 17.5. The van der Waals surface area contributed by atoms with Crippen molar-refractivity contribution in [2.75, 3.05) is 47.0 Å². The Balaban J connectivity index is 1.53. The van der Waals surface area contributed by atoms with Crippen molar-refractivity contribution in [1.29, 1.82) is 0 Å². The molecule has 3 heterocycles. The number of urea groups is 1. The largest absolute Gasteiger partial charge is 0.497 e. The average Bonchev–Trinajstić information content (AvgIpc) is 3.18. The third kappa shape index (κ3) is 3.98. The van der Waals surface area contributed by atoms with Gasteiger partial charge in [-0.05, 0) is 41.8 Å². The normalized spacial score (nSPS) is 18.7. The number of hydrogen-bond donors (Lipinski definition) is 2. The van der Waals surface area contributed by atoms with E-state index < -0.39 is 6.04 Å². The maximum absolute atomic E-state index is 13.3. The number of nitrogens with zero attached hydrogens (tertiary/aromatic N) is 3. The summed E-state index contributed by atoms with van der Waals surface area (Å²) < 4.78 is 12.9. The van der Waals surface area contributed by atoms with Gasteiger partial charge in [0.25, 0.3) is 0 Å². The van der Waals surface area contributed by atoms with E-state index in [4.69, 9.17) is 9.47 Å². The number of fused-ring (bicyclic) bond motifs is 4. The molecule has 0 aliphatic carbocycles. The third-order valence-electron chi connectivity index (χ3n) is 7.73. The SMILES string of the molecule is CCCNC(=O)N1CC2(CN(Cc3ccc(OC)cc3)C2)c2c(n(C)c3cc(OC)ccc23)[C@@H]1CO. The molecule has 1 saturated heterocycles. The van der Waals surface area contributed by atoms with Gasteiger partial charge in [0.15, 0.2) is 0 Å². The number of aromatic nitrogens is 1. The van der Waals surface area contributed by atoms with Crippen LogP contribution in [-0.2, 0) is 19.0 Å². The highest BCUT2D eigenvalue weighted by Crippen LogP contribution is 2.49. The van der Waals surface area contributed by atoms with E-state index in [1.807, 2.05) is 43.1 Å². The first kappa shape index (κ1) is 24.5. The Bertz CT molecular complexity index is 1250. The number of likely N-dealkylation sites (tertiary alicyclic amines) is 1. The Hall–Kier alpha value is -3.23. The second kappa shape index (κ2) is 9.67. The van der Waals surface area contributed by atoms with Crippen LogP contribution in [0.3, 0.4) is 0 Å². The summed E-state index contributed by atoms with van der Waals surface area (Å²) in [6.07, 6.45) is 0.864. The van der Waals surface area contributed by atoms with Crippen molar-refractivity contribution < 1.29 is 19.4 Å². The highest BCUT2D eigenvalue weighted by molar-refractivity contribution is 5.90. The lowest BCUT2D eigenvalue weighted by Gasteiger charge is -2.56. The molecule has 0 unspecified atom stereocenters. The number of hydrogen-bond acceptors (Lipinski definition) is 5. The van der Waals surface area contributed by atoms with Crippen LogP contribution >= 0.6 is 0 Å². The number of carbonyl (C=O) groups is 1. The van der Waals surface area contributed by atoms with Crippen molar-refractivity contribution in [3.05, 3.63) is 59.3 Å². The fourth-order valence-corrected chi connectivity index (χ4v) is 6.07. The summed E-state index contributed by atoms with van der Waals surface area (Å²) in [5, 5.41) is 14.7. The molecule has 2 aliphatic heterocycles.